The number of likely N-dealkylation sites (tertiary alicyclic amines) is 7. The van der Waals surface area contributed by atoms with Crippen molar-refractivity contribution in [3.8, 4) is 76.9 Å². The van der Waals surface area contributed by atoms with Gasteiger partial charge in [-0.25, -0.2) is 44.2 Å². The molecule has 9 atom stereocenters. The highest BCUT2D eigenvalue weighted by atomic mass is 32.2. The van der Waals surface area contributed by atoms with Gasteiger partial charge in [0.1, 0.15) is 17.3 Å². The molecule has 18 rings (SSSR count). The van der Waals surface area contributed by atoms with Gasteiger partial charge in [-0.1, -0.05) is 103 Å². The standard InChI is InChI=1S/C21H22F2N8O.C19H19N3O.C18H17N3O.C17H20N6O3S.C16H21N5O3S.C12H12FN3O/c1-12-19(14-7-25-29(2)8-14)28-30(3)20(12)27-21(32)26-18-10-31(11-24)9-15(18)13-4-5-16(22)17(23)6-13;20-14-22-12-4-7-18(13-22)21-19(23)17-10-8-16(9-11-17)15-5-2-1-3-6-15;19-13-21-11-10-17(12-21)20-18(22)16-8-6-15(7-9-16)14-4-2-1-3-5-14;18-11-22-6-4-14(9-22)20-17(24)13-2-1-3-16(8-13)27(25,26)21-15-5-7-23(10-15)12-19;17-11-21-7-5-14(10-21)19-16(22)12-2-1-3-15(8-12)25(23,24)20-13-4-6-18-9-13;13-10-3-1-9(2-4-10)12(17)15-11-5-6-16(7-11)8-14/h4-8,15,18H,9-10H2,1-3H3,(H2,26,27,32);1-3,5-6,8-11,18H,4,7,12-13H2,(H,21,23);1-9,17H,10-12H2,(H,20,22);1-3,8,14-15,21H,4-7,9-10H2,(H,20,24);1-3,8,13-14,18,20H,4-7,9-10H2,(H,19,22);1-4,11H,5-7H2,(H,15,17)/t15?,18-;;;14?,15-;13-,14?;11-/m1..111/s1. The van der Waals surface area contributed by atoms with Crippen LogP contribution in [0.1, 0.15) is 120 Å². The molecule has 38 nitrogen and oxygen atoms in total. The molecule has 0 saturated carbocycles. The monoisotopic (exact) mass is 2020 g/mol. The summed E-state index contributed by atoms with van der Waals surface area (Å²) in [5.74, 6) is -3.20. The summed E-state index contributed by atoms with van der Waals surface area (Å²) in [6.45, 7) is 10.7. The Bertz CT molecular complexity index is 6820. The lowest BCUT2D eigenvalue weighted by atomic mass is 9.94. The van der Waals surface area contributed by atoms with Crippen molar-refractivity contribution >= 4 is 61.4 Å². The van der Waals surface area contributed by atoms with Crippen molar-refractivity contribution in [1.82, 2.24) is 101 Å². The molecule has 0 radical (unpaired) electrons. The topological polar surface area (TPSA) is 516 Å². The van der Waals surface area contributed by atoms with Crippen molar-refractivity contribution in [3.63, 3.8) is 0 Å². The van der Waals surface area contributed by atoms with E-state index in [1.807, 2.05) is 148 Å². The molecule has 8 aromatic carbocycles. The zero-order valence-corrected chi connectivity index (χ0v) is 82.1. The van der Waals surface area contributed by atoms with E-state index in [1.54, 1.807) is 65.3 Å². The van der Waals surface area contributed by atoms with Crippen LogP contribution in [0.25, 0.3) is 33.5 Å². The number of nitrogens with zero attached hydrogens (tertiary/aromatic N) is 18. The van der Waals surface area contributed by atoms with Crippen LogP contribution in [0.15, 0.2) is 222 Å². The number of aromatic nitrogens is 4. The second-order valence-corrected chi connectivity index (χ2v) is 39.6. The maximum atomic E-state index is 13.8. The average molecular weight is 2020 g/mol. The second kappa shape index (κ2) is 50.9. The van der Waals surface area contributed by atoms with Gasteiger partial charge >= 0.3 is 6.03 Å². The van der Waals surface area contributed by atoms with Crippen molar-refractivity contribution in [3.05, 3.63) is 269 Å². The molecule has 8 saturated heterocycles. The first-order valence-corrected chi connectivity index (χ1v) is 50.5. The minimum Gasteiger partial charge on any atom is -0.347 e. The quantitative estimate of drug-likeness (QED) is 0.0283. The molecule has 10 aromatic rings. The Morgan fingerprint density at radius 1 is 0.390 bits per heavy atom. The van der Waals surface area contributed by atoms with Gasteiger partial charge in [0, 0.05) is 206 Å². The van der Waals surface area contributed by atoms with E-state index in [1.165, 1.54) is 70.5 Å². The molecule has 8 aliphatic rings. The van der Waals surface area contributed by atoms with Crippen molar-refractivity contribution in [2.45, 2.75) is 122 Å². The van der Waals surface area contributed by atoms with E-state index in [9.17, 15) is 64.0 Å². The van der Waals surface area contributed by atoms with E-state index in [-0.39, 0.29) is 105 Å². The van der Waals surface area contributed by atoms with E-state index in [4.69, 9.17) is 31.6 Å². The van der Waals surface area contributed by atoms with Crippen molar-refractivity contribution < 1.29 is 58.8 Å². The fourth-order valence-electron chi connectivity index (χ4n) is 17.8. The molecule has 7 amide bonds. The summed E-state index contributed by atoms with van der Waals surface area (Å²) < 4.78 is 98.4. The van der Waals surface area contributed by atoms with Crippen LogP contribution in [0.2, 0.25) is 0 Å². The first-order chi connectivity index (χ1) is 70.3. The largest absolute Gasteiger partial charge is 0.347 e. The summed E-state index contributed by atoms with van der Waals surface area (Å²) in [4.78, 5) is 85.2. The van der Waals surface area contributed by atoms with Crippen molar-refractivity contribution in [2.24, 2.45) is 14.1 Å². The maximum absolute atomic E-state index is 13.8. The van der Waals surface area contributed by atoms with E-state index in [0.717, 1.165) is 90.7 Å². The zero-order chi connectivity index (χ0) is 104. The number of benzene rings is 8. The summed E-state index contributed by atoms with van der Waals surface area (Å²) in [6, 6.07) is 54.7. The first-order valence-electron chi connectivity index (χ1n) is 47.5. The van der Waals surface area contributed by atoms with Gasteiger partial charge in [0.25, 0.3) is 29.5 Å². The molecule has 0 aliphatic carbocycles. The number of amides is 7. The maximum Gasteiger partial charge on any atom is 0.320 e. The third-order valence-electron chi connectivity index (χ3n) is 25.7. The summed E-state index contributed by atoms with van der Waals surface area (Å²) in [6.07, 6.45) is 24.1. The number of halogens is 3. The molecular weight excluding hydrogens is 1910 g/mol. The number of anilines is 1. The molecule has 146 heavy (non-hydrogen) atoms. The molecule has 43 heteroatoms. The average Bonchev–Trinajstić information content (AvgIpc) is 1.64. The Morgan fingerprint density at radius 3 is 1.19 bits per heavy atom. The van der Waals surface area contributed by atoms with Gasteiger partial charge in [-0.2, -0.15) is 47.0 Å². The van der Waals surface area contributed by atoms with Gasteiger partial charge in [-0.15, -0.1) is 0 Å². The lowest BCUT2D eigenvalue weighted by Crippen LogP contribution is -2.46. The predicted molar refractivity (Wildman–Crippen MR) is 533 cm³/mol. The van der Waals surface area contributed by atoms with Crippen molar-refractivity contribution in [1.29, 1.82) is 36.8 Å². The van der Waals surface area contributed by atoms with Crippen LogP contribution in [0.4, 0.5) is 23.8 Å². The molecule has 0 bridgehead atoms. The Kier molecular flexibility index (Phi) is 37.2. The van der Waals surface area contributed by atoms with Crippen LogP contribution in [0, 0.1) is 105 Å². The van der Waals surface area contributed by atoms with Gasteiger partial charge in [-0.05, 0) is 190 Å². The molecule has 756 valence electrons. The number of nitriles is 7. The van der Waals surface area contributed by atoms with Crippen LogP contribution in [-0.2, 0) is 34.1 Å². The van der Waals surface area contributed by atoms with E-state index in [0.29, 0.717) is 144 Å². The van der Waals surface area contributed by atoms with Gasteiger partial charge in [0.05, 0.1) is 22.0 Å². The molecule has 8 fully saturated rings. The SMILES string of the molecule is Cc1c(-c2cnn(C)c2)nn(C)c1NC(=O)N[C@@H]1CN(C#N)CC1c1ccc(F)c(F)c1.N#CN1CCC(NC(=O)c2ccc(-c3ccccc3)cc2)C1.N#CN1CCC(NC(=O)c2cccc(S(=O)(=O)N[C@@H]3CCN(C#N)C3)c2)C1.N#CN1CCC(NC(=O)c2cccc(S(=O)(=O)N[C@@H]3CCNC3)c2)C1.N#CN1CCCC(NC(=O)c2ccc(-c3ccccc3)cc2)C1.N#CN1CC[C@@H](NC(=O)c2ccc(F)cc2)C1. The van der Waals surface area contributed by atoms with Gasteiger partial charge in [-0.3, -0.25) is 38.7 Å². The van der Waals surface area contributed by atoms with E-state index in [2.05, 4.69) is 86.9 Å². The minimum absolute atomic E-state index is 0.00722. The highest BCUT2D eigenvalue weighted by Crippen LogP contribution is 2.32. The van der Waals surface area contributed by atoms with E-state index >= 15 is 0 Å². The third-order valence-corrected chi connectivity index (χ3v) is 28.7. The Balaban J connectivity index is 0.000000148. The van der Waals surface area contributed by atoms with Crippen LogP contribution < -0.4 is 52.0 Å². The van der Waals surface area contributed by atoms with Gasteiger partial charge in [0.2, 0.25) is 20.0 Å². The summed E-state index contributed by atoms with van der Waals surface area (Å²) in [5, 5.41) is 94.3. The van der Waals surface area contributed by atoms with Crippen LogP contribution in [0.3, 0.4) is 0 Å². The van der Waals surface area contributed by atoms with Crippen LogP contribution >= 0.6 is 0 Å². The molecule has 5 unspecified atom stereocenters. The molecule has 0 spiro atoms. The molecular formula is C103H111F3N28O10S2. The molecule has 10 N–H and O–H groups in total. The summed E-state index contributed by atoms with van der Waals surface area (Å²) in [7, 11) is -3.92. The number of nitrogens with one attached hydrogen (secondary N) is 10. The number of sulfonamides is 2. The second-order valence-electron chi connectivity index (χ2n) is 36.1. The number of piperidine rings is 1. The number of aryl methyl sites for hydroxylation is 2. The third kappa shape index (κ3) is 29.8. The van der Waals surface area contributed by atoms with E-state index < -0.39 is 43.8 Å². The smallest absolute Gasteiger partial charge is 0.320 e. The summed E-state index contributed by atoms with van der Waals surface area (Å²) in [5.41, 5.74) is 9.55. The lowest BCUT2D eigenvalue weighted by Gasteiger charge is -2.29. The van der Waals surface area contributed by atoms with Crippen LogP contribution in [-0.4, -0.2) is 259 Å². The number of hydrogen-bond acceptors (Lipinski definition) is 27. The zero-order valence-electron chi connectivity index (χ0n) is 80.5. The molecule has 10 heterocycles. The fourth-order valence-corrected chi connectivity index (χ4v) is 20.5. The first kappa shape index (κ1) is 107. The predicted octanol–water partition coefficient (Wildman–Crippen LogP) is 8.67. The highest BCUT2D eigenvalue weighted by molar-refractivity contribution is 7.89. The number of carbonyl (C=O) groups is 6. The van der Waals surface area contributed by atoms with Crippen LogP contribution in [0.5, 0.6) is 0 Å². The molecule has 8 aliphatic heterocycles. The lowest BCUT2D eigenvalue weighted by molar-refractivity contribution is 0.0912. The number of rotatable bonds is 22. The van der Waals surface area contributed by atoms with Gasteiger partial charge in [0.15, 0.2) is 55.0 Å². The molecule has 2 aromatic heterocycles. The Morgan fingerprint density at radius 2 is 0.788 bits per heavy atom. The van der Waals surface area contributed by atoms with Crippen molar-refractivity contribution in [2.75, 3.05) is 110 Å². The minimum atomic E-state index is -3.79. The number of urea groups is 1. The number of hydrogen-bond donors (Lipinski definition) is 10. The fraction of sp³-hybridized carbons (Fsp3) is 0.350. The highest BCUT2D eigenvalue weighted by Gasteiger charge is 2.37. The van der Waals surface area contributed by atoms with Gasteiger partial charge < -0.3 is 71.5 Å². The normalized spacial score (nSPS) is 19.6. The Hall–Kier alpha value is -16.6. The Labute approximate surface area is 845 Å². The number of carbonyl (C=O) groups excluding carboxylic acids is 6. The summed E-state index contributed by atoms with van der Waals surface area (Å²) >= 11 is 0.